The highest BCUT2D eigenvalue weighted by atomic mass is 127. The zero-order chi connectivity index (χ0) is 13.0. The van der Waals surface area contributed by atoms with Gasteiger partial charge in [0.1, 0.15) is 12.4 Å². The quantitative estimate of drug-likeness (QED) is 0.477. The van der Waals surface area contributed by atoms with Crippen molar-refractivity contribution < 1.29 is 9.66 Å². The summed E-state index contributed by atoms with van der Waals surface area (Å²) in [7, 11) is 0. The average molecular weight is 355 g/mol. The predicted molar refractivity (Wildman–Crippen MR) is 76.6 cm³/mol. The second-order valence-corrected chi connectivity index (χ2v) is 4.92. The summed E-state index contributed by atoms with van der Waals surface area (Å²) in [6.45, 7) is 0.401. The molecule has 2 rings (SSSR count). The average Bonchev–Trinajstić information content (AvgIpc) is 2.38. The Morgan fingerprint density at radius 2 is 1.89 bits per heavy atom. The van der Waals surface area contributed by atoms with Gasteiger partial charge in [0.05, 0.1) is 11.0 Å². The summed E-state index contributed by atoms with van der Waals surface area (Å²) < 4.78 is 6.67. The van der Waals surface area contributed by atoms with Crippen LogP contribution in [0.15, 0.2) is 48.5 Å². The van der Waals surface area contributed by atoms with E-state index in [2.05, 4.69) is 22.6 Å². The van der Waals surface area contributed by atoms with E-state index in [0.717, 1.165) is 9.13 Å². The maximum atomic E-state index is 10.6. The van der Waals surface area contributed by atoms with Gasteiger partial charge in [-0.05, 0) is 46.4 Å². The molecule has 0 atom stereocenters. The first kappa shape index (κ1) is 12.8. The van der Waals surface area contributed by atoms with Crippen LogP contribution in [-0.4, -0.2) is 4.92 Å². The Labute approximate surface area is 118 Å². The van der Waals surface area contributed by atoms with Crippen LogP contribution in [0.2, 0.25) is 0 Å². The SMILES string of the molecule is O=[N+]([O-])c1cccc(OCc2ccc(I)cc2)c1. The van der Waals surface area contributed by atoms with Crippen molar-refractivity contribution in [2.24, 2.45) is 0 Å². The maximum Gasteiger partial charge on any atom is 0.273 e. The Kier molecular flexibility index (Phi) is 4.14. The van der Waals surface area contributed by atoms with Crippen LogP contribution in [-0.2, 0) is 6.61 Å². The summed E-state index contributed by atoms with van der Waals surface area (Å²) in [5.74, 6) is 0.503. The number of halogens is 1. The summed E-state index contributed by atoms with van der Waals surface area (Å²) in [5, 5.41) is 10.6. The van der Waals surface area contributed by atoms with Crippen molar-refractivity contribution in [3.63, 3.8) is 0 Å². The van der Waals surface area contributed by atoms with E-state index in [1.54, 1.807) is 12.1 Å². The molecule has 0 N–H and O–H groups in total. The molecule has 0 aliphatic carbocycles. The third kappa shape index (κ3) is 3.43. The lowest BCUT2D eigenvalue weighted by Gasteiger charge is -2.06. The molecule has 0 bridgehead atoms. The molecule has 0 saturated heterocycles. The molecule has 0 aliphatic rings. The van der Waals surface area contributed by atoms with Crippen molar-refractivity contribution in [2.75, 3.05) is 0 Å². The highest BCUT2D eigenvalue weighted by Crippen LogP contribution is 2.20. The molecule has 2 aromatic carbocycles. The summed E-state index contributed by atoms with van der Waals surface area (Å²) in [4.78, 5) is 10.2. The van der Waals surface area contributed by atoms with Crippen molar-refractivity contribution in [1.29, 1.82) is 0 Å². The van der Waals surface area contributed by atoms with E-state index >= 15 is 0 Å². The van der Waals surface area contributed by atoms with Crippen molar-refractivity contribution in [1.82, 2.24) is 0 Å². The number of hydrogen-bond donors (Lipinski definition) is 0. The molecule has 0 saturated carbocycles. The summed E-state index contributed by atoms with van der Waals surface area (Å²) >= 11 is 2.23. The van der Waals surface area contributed by atoms with E-state index in [9.17, 15) is 10.1 Å². The molecule has 0 fully saturated rings. The molecule has 0 aliphatic heterocycles. The highest BCUT2D eigenvalue weighted by molar-refractivity contribution is 14.1. The van der Waals surface area contributed by atoms with Crippen LogP contribution in [0.1, 0.15) is 5.56 Å². The lowest BCUT2D eigenvalue weighted by atomic mass is 10.2. The maximum absolute atomic E-state index is 10.6. The van der Waals surface area contributed by atoms with Gasteiger partial charge in [-0.15, -0.1) is 0 Å². The van der Waals surface area contributed by atoms with E-state index in [1.807, 2.05) is 24.3 Å². The van der Waals surface area contributed by atoms with E-state index in [4.69, 9.17) is 4.74 Å². The van der Waals surface area contributed by atoms with Crippen LogP contribution in [0, 0.1) is 13.7 Å². The summed E-state index contributed by atoms with van der Waals surface area (Å²) in [6.07, 6.45) is 0. The van der Waals surface area contributed by atoms with Gasteiger partial charge in [-0.2, -0.15) is 0 Å². The zero-order valence-electron chi connectivity index (χ0n) is 9.38. The van der Waals surface area contributed by atoms with Gasteiger partial charge in [0, 0.05) is 9.64 Å². The fourth-order valence-electron chi connectivity index (χ4n) is 1.43. The third-order valence-corrected chi connectivity index (χ3v) is 3.07. The topological polar surface area (TPSA) is 52.4 Å². The van der Waals surface area contributed by atoms with Gasteiger partial charge in [0.2, 0.25) is 0 Å². The number of rotatable bonds is 4. The zero-order valence-corrected chi connectivity index (χ0v) is 11.5. The van der Waals surface area contributed by atoms with Gasteiger partial charge in [-0.1, -0.05) is 18.2 Å². The number of benzene rings is 2. The molecular formula is C13H10INO3. The molecule has 0 amide bonds. The largest absolute Gasteiger partial charge is 0.489 e. The van der Waals surface area contributed by atoms with Gasteiger partial charge in [0.25, 0.3) is 5.69 Å². The normalized spacial score (nSPS) is 10.1. The van der Waals surface area contributed by atoms with Crippen molar-refractivity contribution >= 4 is 28.3 Å². The minimum absolute atomic E-state index is 0.0371. The third-order valence-electron chi connectivity index (χ3n) is 2.35. The molecule has 2 aromatic rings. The van der Waals surface area contributed by atoms with E-state index < -0.39 is 4.92 Å². The van der Waals surface area contributed by atoms with Crippen LogP contribution in [0.3, 0.4) is 0 Å². The fourth-order valence-corrected chi connectivity index (χ4v) is 1.79. The number of nitro groups is 1. The standard InChI is InChI=1S/C13H10INO3/c14-11-6-4-10(5-7-11)9-18-13-3-1-2-12(8-13)15(16)17/h1-8H,9H2. The lowest BCUT2D eigenvalue weighted by molar-refractivity contribution is -0.384. The van der Waals surface area contributed by atoms with Gasteiger partial charge >= 0.3 is 0 Å². The molecule has 0 radical (unpaired) electrons. The Morgan fingerprint density at radius 3 is 2.56 bits per heavy atom. The first-order valence-corrected chi connectivity index (χ1v) is 6.35. The van der Waals surface area contributed by atoms with E-state index in [1.165, 1.54) is 12.1 Å². The molecular weight excluding hydrogens is 345 g/mol. The van der Waals surface area contributed by atoms with Crippen LogP contribution < -0.4 is 4.74 Å². The fraction of sp³-hybridized carbons (Fsp3) is 0.0769. The number of non-ortho nitro benzene ring substituents is 1. The first-order valence-electron chi connectivity index (χ1n) is 5.27. The van der Waals surface area contributed by atoms with Crippen LogP contribution >= 0.6 is 22.6 Å². The minimum atomic E-state index is -0.433. The lowest BCUT2D eigenvalue weighted by Crippen LogP contribution is -1.96. The number of ether oxygens (including phenoxy) is 1. The second kappa shape index (κ2) is 5.81. The smallest absolute Gasteiger partial charge is 0.273 e. The minimum Gasteiger partial charge on any atom is -0.489 e. The van der Waals surface area contributed by atoms with Crippen LogP contribution in [0.5, 0.6) is 5.75 Å². The second-order valence-electron chi connectivity index (χ2n) is 3.67. The first-order chi connectivity index (χ1) is 8.65. The molecule has 18 heavy (non-hydrogen) atoms. The monoisotopic (exact) mass is 355 g/mol. The Balaban J connectivity index is 2.04. The number of nitrogens with zero attached hydrogens (tertiary/aromatic N) is 1. The molecule has 0 heterocycles. The van der Waals surface area contributed by atoms with E-state index in [-0.39, 0.29) is 5.69 Å². The summed E-state index contributed by atoms with van der Waals surface area (Å²) in [5.41, 5.74) is 1.07. The molecule has 92 valence electrons. The Hall–Kier alpha value is -1.63. The molecule has 0 spiro atoms. The van der Waals surface area contributed by atoms with Gasteiger partial charge in [0.15, 0.2) is 0 Å². The van der Waals surface area contributed by atoms with Gasteiger partial charge in [-0.3, -0.25) is 10.1 Å². The number of nitro benzene ring substituents is 1. The molecule has 0 unspecified atom stereocenters. The predicted octanol–water partition coefficient (Wildman–Crippen LogP) is 3.78. The highest BCUT2D eigenvalue weighted by Gasteiger charge is 2.06. The molecule has 4 nitrogen and oxygen atoms in total. The Morgan fingerprint density at radius 1 is 1.17 bits per heavy atom. The van der Waals surface area contributed by atoms with Crippen LogP contribution in [0.25, 0.3) is 0 Å². The molecule has 0 aromatic heterocycles. The van der Waals surface area contributed by atoms with Crippen molar-refractivity contribution in [3.05, 3.63) is 67.8 Å². The number of hydrogen-bond acceptors (Lipinski definition) is 3. The molecule has 5 heteroatoms. The van der Waals surface area contributed by atoms with Crippen LogP contribution in [0.4, 0.5) is 5.69 Å². The van der Waals surface area contributed by atoms with Gasteiger partial charge in [-0.25, -0.2) is 0 Å². The van der Waals surface area contributed by atoms with E-state index in [0.29, 0.717) is 12.4 Å². The summed E-state index contributed by atoms with van der Waals surface area (Å²) in [6, 6.07) is 14.1. The van der Waals surface area contributed by atoms with Gasteiger partial charge < -0.3 is 4.74 Å². The van der Waals surface area contributed by atoms with Crippen molar-refractivity contribution in [2.45, 2.75) is 6.61 Å². The Bertz CT molecular complexity index is 554. The van der Waals surface area contributed by atoms with Crippen molar-refractivity contribution in [3.8, 4) is 5.75 Å².